The molecule has 0 radical (unpaired) electrons. The van der Waals surface area contributed by atoms with Crippen molar-refractivity contribution < 1.29 is 9.84 Å². The van der Waals surface area contributed by atoms with E-state index in [1.807, 2.05) is 30.3 Å². The number of fused-ring (bicyclic) bond motifs is 1. The number of rotatable bonds is 11. The van der Waals surface area contributed by atoms with Crippen LogP contribution in [0.3, 0.4) is 0 Å². The number of para-hydroxylation sites is 1. The molecule has 0 amide bonds. The third-order valence-corrected chi connectivity index (χ3v) is 5.12. The minimum absolute atomic E-state index is 0.192. The van der Waals surface area contributed by atoms with Gasteiger partial charge in [-0.05, 0) is 31.0 Å². The Morgan fingerprint density at radius 2 is 2.03 bits per heavy atom. The van der Waals surface area contributed by atoms with Gasteiger partial charge in [-0.25, -0.2) is 9.78 Å². The SMILES string of the molecule is C=CCc1ccccc1OCC(O)CNCCCn1cnc2c1c(=O)n(C)c(=O)n2C. The van der Waals surface area contributed by atoms with Gasteiger partial charge in [0, 0.05) is 27.2 Å². The summed E-state index contributed by atoms with van der Waals surface area (Å²) in [5.74, 6) is 0.754. The summed E-state index contributed by atoms with van der Waals surface area (Å²) in [6.45, 7) is 5.55. The predicted octanol–water partition coefficient (Wildman–Crippen LogP) is 0.582. The van der Waals surface area contributed by atoms with E-state index < -0.39 is 11.8 Å². The summed E-state index contributed by atoms with van der Waals surface area (Å²) in [4.78, 5) is 28.6. The molecular formula is C22H29N5O4. The summed E-state index contributed by atoms with van der Waals surface area (Å²) in [6, 6.07) is 7.71. The molecule has 3 aromatic rings. The van der Waals surface area contributed by atoms with Crippen LogP contribution in [0.1, 0.15) is 12.0 Å². The van der Waals surface area contributed by atoms with Crippen molar-refractivity contribution in [3.63, 3.8) is 0 Å². The summed E-state index contributed by atoms with van der Waals surface area (Å²) in [6.07, 6.45) is 4.19. The number of aliphatic hydroxyl groups is 1. The highest BCUT2D eigenvalue weighted by Crippen LogP contribution is 2.18. The minimum atomic E-state index is -0.646. The number of aryl methyl sites for hydroxylation is 2. The summed E-state index contributed by atoms with van der Waals surface area (Å²) in [5, 5.41) is 13.4. The smallest absolute Gasteiger partial charge is 0.332 e. The third-order valence-electron chi connectivity index (χ3n) is 5.12. The zero-order valence-electron chi connectivity index (χ0n) is 18.0. The number of allylic oxidation sites excluding steroid dienone is 1. The lowest BCUT2D eigenvalue weighted by atomic mass is 10.1. The van der Waals surface area contributed by atoms with Crippen molar-refractivity contribution in [2.45, 2.75) is 25.5 Å². The number of nitrogens with zero attached hydrogens (tertiary/aromatic N) is 4. The van der Waals surface area contributed by atoms with Gasteiger partial charge < -0.3 is 19.7 Å². The van der Waals surface area contributed by atoms with E-state index >= 15 is 0 Å². The molecule has 1 aromatic carbocycles. The van der Waals surface area contributed by atoms with Gasteiger partial charge in [0.25, 0.3) is 5.56 Å². The Labute approximate surface area is 180 Å². The summed E-state index contributed by atoms with van der Waals surface area (Å²) in [7, 11) is 3.06. The number of ether oxygens (including phenoxy) is 1. The molecule has 0 aliphatic carbocycles. The lowest BCUT2D eigenvalue weighted by molar-refractivity contribution is 0.106. The zero-order valence-corrected chi connectivity index (χ0v) is 18.0. The number of aliphatic hydroxyl groups excluding tert-OH is 1. The van der Waals surface area contributed by atoms with Crippen molar-refractivity contribution in [2.75, 3.05) is 19.7 Å². The van der Waals surface area contributed by atoms with Gasteiger partial charge in [0.15, 0.2) is 11.2 Å². The molecule has 0 saturated heterocycles. The molecule has 31 heavy (non-hydrogen) atoms. The number of aromatic nitrogens is 4. The van der Waals surface area contributed by atoms with Gasteiger partial charge in [-0.2, -0.15) is 0 Å². The molecule has 0 bridgehead atoms. The van der Waals surface area contributed by atoms with Crippen molar-refractivity contribution in [1.82, 2.24) is 24.0 Å². The largest absolute Gasteiger partial charge is 0.491 e. The summed E-state index contributed by atoms with van der Waals surface area (Å²) >= 11 is 0. The topological polar surface area (TPSA) is 103 Å². The van der Waals surface area contributed by atoms with Gasteiger partial charge in [0.2, 0.25) is 0 Å². The summed E-state index contributed by atoms with van der Waals surface area (Å²) in [5.41, 5.74) is 1.08. The molecular weight excluding hydrogens is 398 g/mol. The fourth-order valence-electron chi connectivity index (χ4n) is 3.42. The van der Waals surface area contributed by atoms with Crippen LogP contribution in [0.4, 0.5) is 0 Å². The number of benzene rings is 1. The standard InChI is InChI=1S/C22H29N5O4/c1-4-8-16-9-5-6-10-18(16)31-14-17(28)13-23-11-7-12-27-15-24-20-19(27)21(29)26(3)22(30)25(20)2/h4-6,9-10,15,17,23,28H,1,7-8,11-14H2,2-3H3. The Bertz CT molecular complexity index is 1160. The second-order valence-electron chi connectivity index (χ2n) is 7.44. The maximum atomic E-state index is 12.4. The quantitative estimate of drug-likeness (QED) is 0.343. The van der Waals surface area contributed by atoms with Gasteiger partial charge in [-0.15, -0.1) is 6.58 Å². The first-order valence-corrected chi connectivity index (χ1v) is 10.2. The lowest BCUT2D eigenvalue weighted by Gasteiger charge is -2.15. The first-order valence-electron chi connectivity index (χ1n) is 10.2. The van der Waals surface area contributed by atoms with Crippen LogP contribution in [0.5, 0.6) is 5.75 Å². The van der Waals surface area contributed by atoms with Gasteiger partial charge in [-0.3, -0.25) is 13.9 Å². The van der Waals surface area contributed by atoms with Crippen LogP contribution >= 0.6 is 0 Å². The van der Waals surface area contributed by atoms with Crippen LogP contribution in [0, 0.1) is 0 Å². The average molecular weight is 428 g/mol. The molecule has 0 spiro atoms. The number of hydrogen-bond donors (Lipinski definition) is 2. The fraction of sp³-hybridized carbons (Fsp3) is 0.409. The molecule has 3 rings (SSSR count). The average Bonchev–Trinajstić information content (AvgIpc) is 3.19. The van der Waals surface area contributed by atoms with Gasteiger partial charge in [-0.1, -0.05) is 24.3 Å². The Hall–Kier alpha value is -3.17. The van der Waals surface area contributed by atoms with Crippen molar-refractivity contribution in [1.29, 1.82) is 0 Å². The molecule has 0 aliphatic heterocycles. The van der Waals surface area contributed by atoms with E-state index in [-0.39, 0.29) is 12.2 Å². The molecule has 2 N–H and O–H groups in total. The minimum Gasteiger partial charge on any atom is -0.491 e. The van der Waals surface area contributed by atoms with Crippen LogP contribution in [-0.4, -0.2) is 49.6 Å². The molecule has 9 nitrogen and oxygen atoms in total. The van der Waals surface area contributed by atoms with Crippen molar-refractivity contribution in [3.8, 4) is 5.75 Å². The highest BCUT2D eigenvalue weighted by Gasteiger charge is 2.14. The molecule has 0 aliphatic rings. The molecule has 1 unspecified atom stereocenters. The Balaban J connectivity index is 1.46. The molecule has 0 fully saturated rings. The molecule has 0 saturated carbocycles. The van der Waals surface area contributed by atoms with E-state index in [0.717, 1.165) is 22.3 Å². The van der Waals surface area contributed by atoms with Crippen LogP contribution in [0.2, 0.25) is 0 Å². The number of imidazole rings is 1. The van der Waals surface area contributed by atoms with E-state index in [2.05, 4.69) is 16.9 Å². The van der Waals surface area contributed by atoms with Gasteiger partial charge >= 0.3 is 5.69 Å². The molecule has 1 atom stereocenters. The van der Waals surface area contributed by atoms with Crippen molar-refractivity contribution >= 4 is 11.2 Å². The van der Waals surface area contributed by atoms with E-state index in [4.69, 9.17) is 4.74 Å². The second-order valence-corrected chi connectivity index (χ2v) is 7.44. The third kappa shape index (κ3) is 5.12. The van der Waals surface area contributed by atoms with Crippen molar-refractivity contribution in [3.05, 3.63) is 69.6 Å². The zero-order chi connectivity index (χ0) is 22.4. The van der Waals surface area contributed by atoms with E-state index in [1.165, 1.54) is 11.6 Å². The summed E-state index contributed by atoms with van der Waals surface area (Å²) < 4.78 is 9.96. The first kappa shape index (κ1) is 22.5. The van der Waals surface area contributed by atoms with Crippen LogP contribution < -0.4 is 21.3 Å². The number of hydrogen-bond acceptors (Lipinski definition) is 6. The number of nitrogens with one attached hydrogen (secondary N) is 1. The molecule has 9 heteroatoms. The monoisotopic (exact) mass is 427 g/mol. The second kappa shape index (κ2) is 10.2. The molecule has 166 valence electrons. The predicted molar refractivity (Wildman–Crippen MR) is 120 cm³/mol. The normalized spacial score (nSPS) is 12.2. The lowest BCUT2D eigenvalue weighted by Crippen LogP contribution is -2.37. The van der Waals surface area contributed by atoms with Gasteiger partial charge in [0.05, 0.1) is 6.33 Å². The Kier molecular flexibility index (Phi) is 7.43. The maximum Gasteiger partial charge on any atom is 0.332 e. The Morgan fingerprint density at radius 1 is 1.26 bits per heavy atom. The van der Waals surface area contributed by atoms with Gasteiger partial charge in [0.1, 0.15) is 18.5 Å². The molecule has 2 aromatic heterocycles. The van der Waals surface area contributed by atoms with E-state index in [1.54, 1.807) is 17.9 Å². The fourth-order valence-corrected chi connectivity index (χ4v) is 3.42. The molecule has 2 heterocycles. The highest BCUT2D eigenvalue weighted by atomic mass is 16.5. The van der Waals surface area contributed by atoms with E-state index in [0.29, 0.717) is 37.2 Å². The van der Waals surface area contributed by atoms with Crippen molar-refractivity contribution in [2.24, 2.45) is 14.1 Å². The first-order chi connectivity index (χ1) is 14.9. The maximum absolute atomic E-state index is 12.4. The highest BCUT2D eigenvalue weighted by molar-refractivity contribution is 5.69. The van der Waals surface area contributed by atoms with E-state index in [9.17, 15) is 14.7 Å². The van der Waals surface area contributed by atoms with Crippen LogP contribution in [0.15, 0.2) is 52.8 Å². The van der Waals surface area contributed by atoms with Crippen LogP contribution in [0.25, 0.3) is 11.2 Å². The Morgan fingerprint density at radius 3 is 2.81 bits per heavy atom. The van der Waals surface area contributed by atoms with Crippen LogP contribution in [-0.2, 0) is 27.1 Å².